The summed E-state index contributed by atoms with van der Waals surface area (Å²) in [4.78, 5) is 26.3. The first kappa shape index (κ1) is 22.2. The molecular formula is C26H32N2O4. The predicted octanol–water partition coefficient (Wildman–Crippen LogP) is 5.17. The third-order valence-corrected chi connectivity index (χ3v) is 6.14. The summed E-state index contributed by atoms with van der Waals surface area (Å²) < 4.78 is 11.0. The van der Waals surface area contributed by atoms with Crippen molar-refractivity contribution in [3.63, 3.8) is 0 Å². The van der Waals surface area contributed by atoms with Crippen LogP contribution in [0.3, 0.4) is 0 Å². The van der Waals surface area contributed by atoms with Gasteiger partial charge in [0.15, 0.2) is 0 Å². The topological polar surface area (TPSA) is 67.9 Å². The van der Waals surface area contributed by atoms with Gasteiger partial charge in [-0.1, -0.05) is 48.5 Å². The average molecular weight is 437 g/mol. The molecule has 2 aliphatic rings. The van der Waals surface area contributed by atoms with Gasteiger partial charge in [0.25, 0.3) is 0 Å². The van der Waals surface area contributed by atoms with Gasteiger partial charge in [-0.15, -0.1) is 0 Å². The third-order valence-electron chi connectivity index (χ3n) is 6.14. The van der Waals surface area contributed by atoms with Crippen LogP contribution in [-0.4, -0.2) is 48.9 Å². The lowest BCUT2D eigenvalue weighted by atomic mass is 9.97. The first-order valence-electron chi connectivity index (χ1n) is 11.4. The number of benzene rings is 2. The molecule has 0 bridgehead atoms. The van der Waals surface area contributed by atoms with E-state index in [0.29, 0.717) is 32.2 Å². The molecule has 2 amide bonds. The second-order valence-electron chi connectivity index (χ2n) is 9.62. The Morgan fingerprint density at radius 3 is 2.09 bits per heavy atom. The molecule has 2 aromatic rings. The molecule has 0 saturated carbocycles. The van der Waals surface area contributed by atoms with E-state index >= 15 is 0 Å². The minimum atomic E-state index is -0.502. The quantitative estimate of drug-likeness (QED) is 0.718. The normalized spacial score (nSPS) is 16.3. The van der Waals surface area contributed by atoms with Gasteiger partial charge in [-0.05, 0) is 61.8 Å². The van der Waals surface area contributed by atoms with E-state index in [9.17, 15) is 9.59 Å². The number of amides is 2. The van der Waals surface area contributed by atoms with Crippen molar-refractivity contribution in [2.45, 2.75) is 45.1 Å². The fourth-order valence-electron chi connectivity index (χ4n) is 4.55. The molecule has 6 heteroatoms. The summed E-state index contributed by atoms with van der Waals surface area (Å²) in [7, 11) is 0. The van der Waals surface area contributed by atoms with Crippen molar-refractivity contribution in [3.05, 3.63) is 59.7 Å². The van der Waals surface area contributed by atoms with Crippen LogP contribution in [0.15, 0.2) is 48.5 Å². The van der Waals surface area contributed by atoms with Crippen LogP contribution in [0.25, 0.3) is 11.1 Å². The number of carbonyl (C=O) groups is 2. The number of alkyl carbamates (subject to hydrolysis) is 1. The first-order chi connectivity index (χ1) is 15.3. The Kier molecular flexibility index (Phi) is 6.40. The molecule has 1 heterocycles. The summed E-state index contributed by atoms with van der Waals surface area (Å²) in [5.41, 5.74) is 4.38. The summed E-state index contributed by atoms with van der Waals surface area (Å²) in [6.45, 7) is 7.72. The molecule has 0 unspecified atom stereocenters. The van der Waals surface area contributed by atoms with Crippen LogP contribution in [0.1, 0.15) is 50.7 Å². The number of carbonyl (C=O) groups excluding carboxylic acids is 2. The van der Waals surface area contributed by atoms with Gasteiger partial charge in [0.05, 0.1) is 0 Å². The van der Waals surface area contributed by atoms with Gasteiger partial charge < -0.3 is 19.7 Å². The molecule has 6 nitrogen and oxygen atoms in total. The highest BCUT2D eigenvalue weighted by molar-refractivity contribution is 5.79. The van der Waals surface area contributed by atoms with Crippen molar-refractivity contribution in [2.24, 2.45) is 5.92 Å². The number of piperidine rings is 1. The zero-order chi connectivity index (χ0) is 22.7. The van der Waals surface area contributed by atoms with E-state index in [-0.39, 0.29) is 12.0 Å². The van der Waals surface area contributed by atoms with Gasteiger partial charge in [0, 0.05) is 25.6 Å². The van der Waals surface area contributed by atoms with E-state index in [4.69, 9.17) is 9.47 Å². The van der Waals surface area contributed by atoms with Crippen LogP contribution in [0, 0.1) is 5.92 Å². The van der Waals surface area contributed by atoms with Gasteiger partial charge in [0.2, 0.25) is 0 Å². The monoisotopic (exact) mass is 436 g/mol. The minimum absolute atomic E-state index is 0.0712. The molecule has 1 N–H and O–H groups in total. The summed E-state index contributed by atoms with van der Waals surface area (Å²) in [5.74, 6) is 0.405. The number of fused-ring (bicyclic) bond motifs is 3. The lowest BCUT2D eigenvalue weighted by molar-refractivity contribution is 0.0502. The second kappa shape index (κ2) is 9.23. The lowest BCUT2D eigenvalue weighted by Gasteiger charge is -2.32. The van der Waals surface area contributed by atoms with Crippen LogP contribution in [0.2, 0.25) is 0 Å². The second-order valence-corrected chi connectivity index (χ2v) is 9.62. The standard InChI is InChI=1S/C26H32N2O4/c1-26(2,3)32-24(29)27-16-18-12-14-28(15-13-18)25(30)31-17-23-21-10-6-4-8-19(21)20-9-5-7-11-22(20)23/h4-11,18,23H,12-17H2,1-3H3,(H,27,29). The van der Waals surface area contributed by atoms with Crippen molar-refractivity contribution in [3.8, 4) is 11.1 Å². The van der Waals surface area contributed by atoms with Crippen LogP contribution in [-0.2, 0) is 9.47 Å². The fourth-order valence-corrected chi connectivity index (χ4v) is 4.55. The van der Waals surface area contributed by atoms with Crippen molar-refractivity contribution < 1.29 is 19.1 Å². The Morgan fingerprint density at radius 1 is 0.969 bits per heavy atom. The molecule has 1 saturated heterocycles. The molecule has 0 spiro atoms. The molecule has 0 radical (unpaired) electrons. The van der Waals surface area contributed by atoms with E-state index in [0.717, 1.165) is 12.8 Å². The van der Waals surface area contributed by atoms with E-state index in [1.165, 1.54) is 22.3 Å². The number of ether oxygens (including phenoxy) is 2. The highest BCUT2D eigenvalue weighted by atomic mass is 16.6. The maximum atomic E-state index is 12.7. The third kappa shape index (κ3) is 5.06. The molecule has 0 atom stereocenters. The highest BCUT2D eigenvalue weighted by Crippen LogP contribution is 2.44. The van der Waals surface area contributed by atoms with Crippen molar-refractivity contribution in [1.82, 2.24) is 10.2 Å². The molecule has 32 heavy (non-hydrogen) atoms. The number of likely N-dealkylation sites (tertiary alicyclic amines) is 1. The summed E-state index contributed by atoms with van der Waals surface area (Å²) in [6, 6.07) is 16.7. The Bertz CT molecular complexity index is 928. The summed E-state index contributed by atoms with van der Waals surface area (Å²) in [6.07, 6.45) is 1.02. The predicted molar refractivity (Wildman–Crippen MR) is 124 cm³/mol. The maximum absolute atomic E-state index is 12.7. The number of hydrogen-bond acceptors (Lipinski definition) is 4. The molecule has 1 fully saturated rings. The zero-order valence-electron chi connectivity index (χ0n) is 19.1. The maximum Gasteiger partial charge on any atom is 0.409 e. The Hall–Kier alpha value is -3.02. The highest BCUT2D eigenvalue weighted by Gasteiger charge is 2.30. The van der Waals surface area contributed by atoms with Crippen molar-refractivity contribution in [2.75, 3.05) is 26.2 Å². The largest absolute Gasteiger partial charge is 0.448 e. The lowest BCUT2D eigenvalue weighted by Crippen LogP contribution is -2.42. The zero-order valence-corrected chi connectivity index (χ0v) is 19.1. The number of hydrogen-bond donors (Lipinski definition) is 1. The summed E-state index contributed by atoms with van der Waals surface area (Å²) >= 11 is 0. The average Bonchev–Trinajstić information content (AvgIpc) is 3.09. The van der Waals surface area contributed by atoms with Gasteiger partial charge in [0.1, 0.15) is 12.2 Å². The van der Waals surface area contributed by atoms with Gasteiger partial charge in [-0.25, -0.2) is 9.59 Å². The fraction of sp³-hybridized carbons (Fsp3) is 0.462. The smallest absolute Gasteiger partial charge is 0.409 e. The van der Waals surface area contributed by atoms with Crippen molar-refractivity contribution in [1.29, 1.82) is 0 Å². The van der Waals surface area contributed by atoms with E-state index in [2.05, 4.69) is 29.6 Å². The van der Waals surface area contributed by atoms with Crippen LogP contribution in [0.4, 0.5) is 9.59 Å². The van der Waals surface area contributed by atoms with E-state index < -0.39 is 11.7 Å². The van der Waals surface area contributed by atoms with E-state index in [1.807, 2.05) is 45.0 Å². The number of nitrogens with one attached hydrogen (secondary N) is 1. The molecular weight excluding hydrogens is 404 g/mol. The first-order valence-corrected chi connectivity index (χ1v) is 11.4. The molecule has 170 valence electrons. The van der Waals surface area contributed by atoms with Gasteiger partial charge in [-0.2, -0.15) is 0 Å². The summed E-state index contributed by atoms with van der Waals surface area (Å²) in [5, 5.41) is 2.84. The van der Waals surface area contributed by atoms with Crippen LogP contribution < -0.4 is 5.32 Å². The molecule has 1 aliphatic carbocycles. The van der Waals surface area contributed by atoms with Gasteiger partial charge in [-0.3, -0.25) is 0 Å². The Morgan fingerprint density at radius 2 is 1.53 bits per heavy atom. The molecule has 0 aromatic heterocycles. The molecule has 4 rings (SSSR count). The molecule has 1 aliphatic heterocycles. The SMILES string of the molecule is CC(C)(C)OC(=O)NCC1CCN(C(=O)OCC2c3ccccc3-c3ccccc32)CC1. The number of nitrogens with zero attached hydrogens (tertiary/aromatic N) is 1. The van der Waals surface area contributed by atoms with Crippen molar-refractivity contribution >= 4 is 12.2 Å². The molecule has 2 aromatic carbocycles. The Balaban J connectivity index is 1.26. The number of rotatable bonds is 4. The van der Waals surface area contributed by atoms with Crippen LogP contribution in [0.5, 0.6) is 0 Å². The van der Waals surface area contributed by atoms with E-state index in [1.54, 1.807) is 4.90 Å². The van der Waals surface area contributed by atoms with Gasteiger partial charge >= 0.3 is 12.2 Å². The Labute approximate surface area is 189 Å². The van der Waals surface area contributed by atoms with Crippen LogP contribution >= 0.6 is 0 Å². The minimum Gasteiger partial charge on any atom is -0.448 e.